The summed E-state index contributed by atoms with van der Waals surface area (Å²) >= 11 is 0. The highest BCUT2D eigenvalue weighted by atomic mass is 32.2. The molecule has 0 aromatic carbocycles. The number of alkyl halides is 3. The zero-order valence-electron chi connectivity index (χ0n) is 14.2. The van der Waals surface area contributed by atoms with Gasteiger partial charge in [-0.3, -0.25) is 4.99 Å². The fraction of sp³-hybridized carbons (Fsp3) is 0.938. The summed E-state index contributed by atoms with van der Waals surface area (Å²) in [7, 11) is -2.92. The van der Waals surface area contributed by atoms with Crippen LogP contribution in [-0.2, 0) is 9.84 Å². The number of nitrogens with zero attached hydrogens (tertiary/aromatic N) is 1. The van der Waals surface area contributed by atoms with Crippen LogP contribution in [0.25, 0.3) is 0 Å². The van der Waals surface area contributed by atoms with Gasteiger partial charge in [0, 0.05) is 18.6 Å². The highest BCUT2D eigenvalue weighted by molar-refractivity contribution is 7.91. The van der Waals surface area contributed by atoms with Crippen LogP contribution in [0.4, 0.5) is 13.2 Å². The molecule has 1 saturated heterocycles. The normalized spacial score (nSPS) is 33.2. The van der Waals surface area contributed by atoms with Gasteiger partial charge >= 0.3 is 6.18 Å². The van der Waals surface area contributed by atoms with Crippen molar-refractivity contribution in [2.45, 2.75) is 63.2 Å². The van der Waals surface area contributed by atoms with Gasteiger partial charge in [0.1, 0.15) is 0 Å². The van der Waals surface area contributed by atoms with E-state index in [1.807, 2.05) is 0 Å². The molecule has 0 aromatic heterocycles. The lowest BCUT2D eigenvalue weighted by molar-refractivity contribution is -0.182. The summed E-state index contributed by atoms with van der Waals surface area (Å²) in [6.07, 6.45) is -0.0574. The summed E-state index contributed by atoms with van der Waals surface area (Å²) in [5.74, 6) is -0.103. The Hall–Kier alpha value is -0.990. The molecule has 5 nitrogen and oxygen atoms in total. The number of hydrogen-bond acceptors (Lipinski definition) is 3. The van der Waals surface area contributed by atoms with Crippen LogP contribution in [-0.4, -0.2) is 50.7 Å². The molecule has 2 N–H and O–H groups in total. The van der Waals surface area contributed by atoms with Crippen LogP contribution >= 0.6 is 0 Å². The maximum Gasteiger partial charge on any atom is 0.391 e. The Bertz CT molecular complexity index is 594. The van der Waals surface area contributed by atoms with Crippen molar-refractivity contribution in [1.29, 1.82) is 0 Å². The quantitative estimate of drug-likeness (QED) is 0.579. The van der Waals surface area contributed by atoms with E-state index in [1.165, 1.54) is 0 Å². The Morgan fingerprint density at radius 3 is 1.96 bits per heavy atom. The minimum absolute atomic E-state index is 0.00379. The van der Waals surface area contributed by atoms with Crippen molar-refractivity contribution in [3.05, 3.63) is 0 Å². The Morgan fingerprint density at radius 2 is 1.52 bits per heavy atom. The number of halogens is 3. The Balaban J connectivity index is 1.52. The summed E-state index contributed by atoms with van der Waals surface area (Å²) in [5.41, 5.74) is 0. The molecule has 1 heterocycles. The van der Waals surface area contributed by atoms with Gasteiger partial charge in [-0.1, -0.05) is 0 Å². The largest absolute Gasteiger partial charge is 0.391 e. The van der Waals surface area contributed by atoms with Crippen molar-refractivity contribution in [2.24, 2.45) is 16.8 Å². The summed E-state index contributed by atoms with van der Waals surface area (Å²) in [5, 5.41) is 6.56. The van der Waals surface area contributed by atoms with Crippen molar-refractivity contribution >= 4 is 15.8 Å². The number of hydrogen-bond donors (Lipinski definition) is 2. The minimum atomic E-state index is -4.10. The van der Waals surface area contributed by atoms with Crippen LogP contribution in [0, 0.1) is 11.8 Å². The van der Waals surface area contributed by atoms with E-state index >= 15 is 0 Å². The molecular weight excluding hydrogens is 355 g/mol. The summed E-state index contributed by atoms with van der Waals surface area (Å²) < 4.78 is 61.3. The van der Waals surface area contributed by atoms with Crippen molar-refractivity contribution in [1.82, 2.24) is 10.6 Å². The molecule has 0 bridgehead atoms. The molecule has 1 aliphatic heterocycles. The predicted molar refractivity (Wildman–Crippen MR) is 90.2 cm³/mol. The molecule has 1 atom stereocenters. The Kier molecular flexibility index (Phi) is 5.51. The number of guanidine groups is 1. The molecule has 3 rings (SSSR count). The Labute approximate surface area is 146 Å². The molecular formula is C16H26F3N3O2S. The molecule has 2 saturated carbocycles. The van der Waals surface area contributed by atoms with Crippen LogP contribution in [0.15, 0.2) is 4.99 Å². The molecule has 0 radical (unpaired) electrons. The lowest BCUT2D eigenvalue weighted by Gasteiger charge is -2.31. The summed E-state index contributed by atoms with van der Waals surface area (Å²) in [4.78, 5) is 4.52. The van der Waals surface area contributed by atoms with Gasteiger partial charge in [-0.2, -0.15) is 13.2 Å². The third-order valence-corrected chi connectivity index (χ3v) is 7.12. The molecule has 9 heteroatoms. The second kappa shape index (κ2) is 7.32. The zero-order valence-corrected chi connectivity index (χ0v) is 15.0. The third-order valence-electron chi connectivity index (χ3n) is 5.28. The predicted octanol–water partition coefficient (Wildman–Crippen LogP) is 2.24. The second-order valence-electron chi connectivity index (χ2n) is 7.61. The molecule has 0 aromatic rings. The maximum absolute atomic E-state index is 12.8. The van der Waals surface area contributed by atoms with Gasteiger partial charge in [0.2, 0.25) is 0 Å². The Morgan fingerprint density at radius 1 is 0.960 bits per heavy atom. The van der Waals surface area contributed by atoms with Crippen molar-refractivity contribution in [2.75, 3.05) is 18.1 Å². The monoisotopic (exact) mass is 381 g/mol. The molecule has 2 aliphatic carbocycles. The van der Waals surface area contributed by atoms with E-state index in [0.29, 0.717) is 37.8 Å². The fourth-order valence-corrected chi connectivity index (χ4v) is 5.40. The van der Waals surface area contributed by atoms with E-state index in [9.17, 15) is 21.6 Å². The lowest BCUT2D eigenvalue weighted by atomic mass is 9.85. The number of sulfone groups is 1. The minimum Gasteiger partial charge on any atom is -0.354 e. The number of aliphatic imine (C=N–C) groups is 1. The van der Waals surface area contributed by atoms with Gasteiger partial charge in [0.15, 0.2) is 15.8 Å². The molecule has 144 valence electrons. The first kappa shape index (κ1) is 18.8. The van der Waals surface area contributed by atoms with Crippen LogP contribution < -0.4 is 10.6 Å². The van der Waals surface area contributed by atoms with Crippen LogP contribution in [0.3, 0.4) is 0 Å². The van der Waals surface area contributed by atoms with E-state index in [4.69, 9.17) is 0 Å². The van der Waals surface area contributed by atoms with E-state index in [1.54, 1.807) is 0 Å². The first-order chi connectivity index (χ1) is 11.7. The number of rotatable bonds is 4. The van der Waals surface area contributed by atoms with Gasteiger partial charge in [0.25, 0.3) is 0 Å². The smallest absolute Gasteiger partial charge is 0.354 e. The molecule has 3 aliphatic rings. The van der Waals surface area contributed by atoms with E-state index in [0.717, 1.165) is 12.8 Å². The van der Waals surface area contributed by atoms with Gasteiger partial charge in [-0.25, -0.2) is 8.42 Å². The third kappa shape index (κ3) is 5.76. The standard InChI is InChI=1S/C16H26F3N3O2S/c17-16(18,19)12-1-3-13(4-2-12)21-15(22-14-5-6-14)20-9-11-7-8-25(23,24)10-11/h11-14H,1-10H2,(H2,20,21,22). The fourth-order valence-electron chi connectivity index (χ4n) is 3.55. The van der Waals surface area contributed by atoms with Crippen molar-refractivity contribution < 1.29 is 21.6 Å². The zero-order chi connectivity index (χ0) is 18.1. The van der Waals surface area contributed by atoms with Gasteiger partial charge in [-0.05, 0) is 50.9 Å². The van der Waals surface area contributed by atoms with E-state index in [-0.39, 0.29) is 36.3 Å². The summed E-state index contributed by atoms with van der Waals surface area (Å²) in [6, 6.07) is 0.376. The molecule has 0 amide bonds. The van der Waals surface area contributed by atoms with Crippen molar-refractivity contribution in [3.63, 3.8) is 0 Å². The lowest BCUT2D eigenvalue weighted by Crippen LogP contribution is -2.46. The average Bonchev–Trinajstić information content (AvgIpc) is 3.26. The maximum atomic E-state index is 12.8. The van der Waals surface area contributed by atoms with Crippen LogP contribution in [0.1, 0.15) is 44.9 Å². The first-order valence-corrected chi connectivity index (χ1v) is 10.9. The first-order valence-electron chi connectivity index (χ1n) is 9.06. The topological polar surface area (TPSA) is 70.6 Å². The molecule has 0 spiro atoms. The van der Waals surface area contributed by atoms with Gasteiger partial charge < -0.3 is 10.6 Å². The van der Waals surface area contributed by atoms with E-state index < -0.39 is 21.9 Å². The molecule has 3 fully saturated rings. The van der Waals surface area contributed by atoms with E-state index in [2.05, 4.69) is 15.6 Å². The van der Waals surface area contributed by atoms with Crippen LogP contribution in [0.2, 0.25) is 0 Å². The summed E-state index contributed by atoms with van der Waals surface area (Å²) in [6.45, 7) is 0.444. The van der Waals surface area contributed by atoms with Gasteiger partial charge in [-0.15, -0.1) is 0 Å². The van der Waals surface area contributed by atoms with Crippen molar-refractivity contribution in [3.8, 4) is 0 Å². The molecule has 1 unspecified atom stereocenters. The second-order valence-corrected chi connectivity index (χ2v) is 9.84. The number of nitrogens with one attached hydrogen (secondary N) is 2. The van der Waals surface area contributed by atoms with Crippen LogP contribution in [0.5, 0.6) is 0 Å². The average molecular weight is 381 g/mol. The highest BCUT2D eigenvalue weighted by Gasteiger charge is 2.41. The SMILES string of the molecule is O=S1(=O)CCC(CN=C(NC2CC2)NC2CCC(C(F)(F)F)CC2)C1. The van der Waals surface area contributed by atoms with Gasteiger partial charge in [0.05, 0.1) is 17.4 Å². The highest BCUT2D eigenvalue weighted by Crippen LogP contribution is 2.37. The molecule has 25 heavy (non-hydrogen) atoms.